The Kier molecular flexibility index (Phi) is 5.20. The molecule has 0 spiro atoms. The first-order chi connectivity index (χ1) is 11.6. The van der Waals surface area contributed by atoms with Gasteiger partial charge in [0.2, 0.25) is 17.6 Å². The van der Waals surface area contributed by atoms with Crippen LogP contribution < -0.4 is 5.73 Å². The zero-order valence-corrected chi connectivity index (χ0v) is 13.9. The van der Waals surface area contributed by atoms with Gasteiger partial charge in [-0.15, -0.1) is 0 Å². The van der Waals surface area contributed by atoms with Crippen molar-refractivity contribution in [2.24, 2.45) is 5.73 Å². The van der Waals surface area contributed by atoms with Gasteiger partial charge in [0.15, 0.2) is 0 Å². The predicted molar refractivity (Wildman–Crippen MR) is 88.9 cm³/mol. The molecule has 1 fully saturated rings. The van der Waals surface area contributed by atoms with Crippen molar-refractivity contribution in [1.29, 1.82) is 0 Å². The number of hydrogen-bond donors (Lipinski definition) is 1. The van der Waals surface area contributed by atoms with Crippen LogP contribution in [-0.2, 0) is 11.2 Å². The molecule has 0 bridgehead atoms. The molecular weight excluding hydrogens is 306 g/mol. The summed E-state index contributed by atoms with van der Waals surface area (Å²) in [5.74, 6) is 1.11. The van der Waals surface area contributed by atoms with Crippen molar-refractivity contribution in [2.75, 3.05) is 6.54 Å². The predicted octanol–water partition coefficient (Wildman–Crippen LogP) is 1.79. The second-order valence-electron chi connectivity index (χ2n) is 6.26. The van der Waals surface area contributed by atoms with Gasteiger partial charge in [-0.1, -0.05) is 5.16 Å². The third-order valence-electron chi connectivity index (χ3n) is 4.44. The number of likely N-dealkylation sites (tertiary alicyclic amines) is 1. The van der Waals surface area contributed by atoms with Crippen molar-refractivity contribution in [1.82, 2.24) is 20.0 Å². The Balaban J connectivity index is 1.59. The van der Waals surface area contributed by atoms with Crippen LogP contribution in [0, 0.1) is 0 Å². The summed E-state index contributed by atoms with van der Waals surface area (Å²) in [4.78, 5) is 22.8. The minimum atomic E-state index is -0.00375. The Hall–Kier alpha value is -2.28. The van der Waals surface area contributed by atoms with Crippen molar-refractivity contribution < 1.29 is 9.32 Å². The van der Waals surface area contributed by atoms with E-state index in [9.17, 15) is 4.79 Å². The fourth-order valence-electron chi connectivity index (χ4n) is 3.15. The molecule has 2 aromatic heterocycles. The average molecular weight is 329 g/mol. The van der Waals surface area contributed by atoms with Gasteiger partial charge in [-0.3, -0.25) is 9.78 Å². The lowest BCUT2D eigenvalue weighted by molar-refractivity contribution is -0.135. The molecule has 7 heteroatoms. The van der Waals surface area contributed by atoms with Crippen LogP contribution in [0.1, 0.15) is 38.5 Å². The number of amides is 1. The summed E-state index contributed by atoms with van der Waals surface area (Å²) in [7, 11) is 0. The number of carbonyl (C=O) groups is 1. The average Bonchev–Trinajstić information content (AvgIpc) is 3.09. The van der Waals surface area contributed by atoms with Crippen molar-refractivity contribution in [3.05, 3.63) is 30.4 Å². The van der Waals surface area contributed by atoms with Gasteiger partial charge in [-0.05, 0) is 38.3 Å². The lowest BCUT2D eigenvalue weighted by Gasteiger charge is -2.38. The summed E-state index contributed by atoms with van der Waals surface area (Å²) in [5.41, 5.74) is 6.88. The van der Waals surface area contributed by atoms with E-state index in [-0.39, 0.29) is 18.0 Å². The highest BCUT2D eigenvalue weighted by Crippen LogP contribution is 2.21. The number of aryl methyl sites for hydroxylation is 1. The van der Waals surface area contributed by atoms with E-state index in [1.165, 1.54) is 0 Å². The number of rotatable bonds is 5. The Bertz CT molecular complexity index is 671. The van der Waals surface area contributed by atoms with Gasteiger partial charge < -0.3 is 15.2 Å². The first-order valence-electron chi connectivity index (χ1n) is 8.43. The molecule has 0 aromatic carbocycles. The van der Waals surface area contributed by atoms with Crippen LogP contribution in [0.25, 0.3) is 11.4 Å². The molecule has 3 rings (SSSR count). The minimum Gasteiger partial charge on any atom is -0.339 e. The number of aromatic nitrogens is 3. The Morgan fingerprint density at radius 1 is 1.42 bits per heavy atom. The molecule has 2 N–H and O–H groups in total. The number of carbonyl (C=O) groups excluding carboxylic acids is 1. The molecule has 3 heterocycles. The monoisotopic (exact) mass is 329 g/mol. The van der Waals surface area contributed by atoms with E-state index >= 15 is 0 Å². The maximum absolute atomic E-state index is 12.5. The first kappa shape index (κ1) is 16.6. The highest BCUT2D eigenvalue weighted by Gasteiger charge is 2.29. The summed E-state index contributed by atoms with van der Waals surface area (Å²) < 4.78 is 5.25. The zero-order chi connectivity index (χ0) is 16.9. The molecule has 128 valence electrons. The minimum absolute atomic E-state index is 0.00375. The van der Waals surface area contributed by atoms with Gasteiger partial charge >= 0.3 is 0 Å². The van der Waals surface area contributed by atoms with E-state index in [4.69, 9.17) is 10.3 Å². The normalized spacial score (nSPS) is 19.2. The van der Waals surface area contributed by atoms with Gasteiger partial charge in [0.1, 0.15) is 0 Å². The second kappa shape index (κ2) is 7.53. The van der Waals surface area contributed by atoms with E-state index < -0.39 is 0 Å². The quantitative estimate of drug-likeness (QED) is 0.898. The summed E-state index contributed by atoms with van der Waals surface area (Å²) >= 11 is 0. The molecule has 1 aliphatic heterocycles. The molecule has 0 radical (unpaired) electrons. The fourth-order valence-corrected chi connectivity index (χ4v) is 3.15. The van der Waals surface area contributed by atoms with E-state index in [1.807, 2.05) is 24.0 Å². The molecule has 1 aliphatic rings. The fraction of sp³-hybridized carbons (Fsp3) is 0.529. The van der Waals surface area contributed by atoms with Gasteiger partial charge in [0.25, 0.3) is 0 Å². The van der Waals surface area contributed by atoms with E-state index in [0.29, 0.717) is 24.6 Å². The molecule has 2 atom stereocenters. The molecule has 1 amide bonds. The highest BCUT2D eigenvalue weighted by molar-refractivity contribution is 5.77. The maximum atomic E-state index is 12.5. The highest BCUT2D eigenvalue weighted by atomic mass is 16.5. The molecule has 2 unspecified atom stereocenters. The molecule has 1 saturated heterocycles. The van der Waals surface area contributed by atoms with Gasteiger partial charge in [0.05, 0.1) is 0 Å². The number of piperidine rings is 1. The van der Waals surface area contributed by atoms with Crippen LogP contribution in [0.5, 0.6) is 0 Å². The molecule has 7 nitrogen and oxygen atoms in total. The van der Waals surface area contributed by atoms with E-state index in [2.05, 4.69) is 15.1 Å². The summed E-state index contributed by atoms with van der Waals surface area (Å²) in [6, 6.07) is 3.78. The molecule has 0 saturated carbocycles. The SMILES string of the molecule is CC(N)C1CCCCN1C(=O)CCc1nc(-c2ccncc2)no1. The van der Waals surface area contributed by atoms with Crippen molar-refractivity contribution in [3.63, 3.8) is 0 Å². The molecular formula is C17H23N5O2. The van der Waals surface area contributed by atoms with Crippen molar-refractivity contribution in [3.8, 4) is 11.4 Å². The van der Waals surface area contributed by atoms with Crippen molar-refractivity contribution in [2.45, 2.75) is 51.1 Å². The number of nitrogens with two attached hydrogens (primary N) is 1. The third-order valence-corrected chi connectivity index (χ3v) is 4.44. The lowest BCUT2D eigenvalue weighted by atomic mass is 9.96. The maximum Gasteiger partial charge on any atom is 0.227 e. The van der Waals surface area contributed by atoms with Crippen LogP contribution in [0.4, 0.5) is 0 Å². The van der Waals surface area contributed by atoms with Crippen LogP contribution in [0.3, 0.4) is 0 Å². The van der Waals surface area contributed by atoms with Crippen LogP contribution in [-0.4, -0.2) is 44.6 Å². The van der Waals surface area contributed by atoms with Crippen molar-refractivity contribution >= 4 is 5.91 Å². The van der Waals surface area contributed by atoms with Gasteiger partial charge in [0, 0.05) is 49.4 Å². The second-order valence-corrected chi connectivity index (χ2v) is 6.26. The first-order valence-corrected chi connectivity index (χ1v) is 8.43. The largest absolute Gasteiger partial charge is 0.339 e. The topological polar surface area (TPSA) is 98.1 Å². The van der Waals surface area contributed by atoms with Crippen LogP contribution in [0.15, 0.2) is 29.0 Å². The lowest BCUT2D eigenvalue weighted by Crippen LogP contribution is -2.51. The van der Waals surface area contributed by atoms with Gasteiger partial charge in [-0.25, -0.2) is 0 Å². The standard InChI is InChI=1S/C17H23N5O2/c1-12(18)14-4-2-3-11-22(14)16(23)6-5-15-20-17(21-24-15)13-7-9-19-10-8-13/h7-10,12,14H,2-6,11,18H2,1H3. The van der Waals surface area contributed by atoms with Crippen LogP contribution in [0.2, 0.25) is 0 Å². The summed E-state index contributed by atoms with van der Waals surface area (Å²) in [6.07, 6.45) is 7.33. The van der Waals surface area contributed by atoms with Crippen LogP contribution >= 0.6 is 0 Å². The number of pyridine rings is 1. The zero-order valence-electron chi connectivity index (χ0n) is 13.9. The Labute approximate surface area is 141 Å². The van der Waals surface area contributed by atoms with E-state index in [1.54, 1.807) is 12.4 Å². The molecule has 24 heavy (non-hydrogen) atoms. The Morgan fingerprint density at radius 2 is 2.21 bits per heavy atom. The Morgan fingerprint density at radius 3 is 2.96 bits per heavy atom. The number of hydrogen-bond acceptors (Lipinski definition) is 6. The smallest absolute Gasteiger partial charge is 0.227 e. The summed E-state index contributed by atoms with van der Waals surface area (Å²) in [6.45, 7) is 2.76. The number of nitrogens with zero attached hydrogens (tertiary/aromatic N) is 4. The molecule has 2 aromatic rings. The molecule has 0 aliphatic carbocycles. The van der Waals surface area contributed by atoms with Gasteiger partial charge in [-0.2, -0.15) is 4.98 Å². The third kappa shape index (κ3) is 3.79. The summed E-state index contributed by atoms with van der Waals surface area (Å²) in [5, 5.41) is 3.96. The van der Waals surface area contributed by atoms with E-state index in [0.717, 1.165) is 31.4 Å².